The van der Waals surface area contributed by atoms with Crippen LogP contribution in [0.1, 0.15) is 46.4 Å². The van der Waals surface area contributed by atoms with Gasteiger partial charge >= 0.3 is 0 Å². The van der Waals surface area contributed by atoms with Crippen molar-refractivity contribution in [3.8, 4) is 11.5 Å². The van der Waals surface area contributed by atoms with Crippen LogP contribution in [0, 0.1) is 0 Å². The van der Waals surface area contributed by atoms with E-state index >= 15 is 0 Å². The Bertz CT molecular complexity index is 878. The molecular formula is C20H26N3O3S+. The normalized spacial score (nSPS) is 21.1. The summed E-state index contributed by atoms with van der Waals surface area (Å²) in [5, 5.41) is 7.57. The van der Waals surface area contributed by atoms with E-state index in [2.05, 4.69) is 24.5 Å². The smallest absolute Gasteiger partial charge is 0.256 e. The molecule has 27 heavy (non-hydrogen) atoms. The summed E-state index contributed by atoms with van der Waals surface area (Å²) in [5.41, 5.74) is 2.91. The highest BCUT2D eigenvalue weighted by molar-refractivity contribution is 7.16. The molecule has 0 radical (unpaired) electrons. The number of thiophene rings is 1. The molecule has 0 spiro atoms. The van der Waals surface area contributed by atoms with E-state index in [4.69, 9.17) is 9.47 Å². The number of benzene rings is 1. The van der Waals surface area contributed by atoms with Gasteiger partial charge in [-0.15, -0.1) is 11.3 Å². The molecule has 1 aromatic heterocycles. The van der Waals surface area contributed by atoms with Crippen molar-refractivity contribution in [2.75, 3.05) is 26.1 Å². The van der Waals surface area contributed by atoms with Gasteiger partial charge in [0, 0.05) is 12.0 Å². The van der Waals surface area contributed by atoms with Crippen LogP contribution < -0.4 is 25.0 Å². The number of anilines is 1. The van der Waals surface area contributed by atoms with Crippen molar-refractivity contribution in [2.45, 2.75) is 39.0 Å². The van der Waals surface area contributed by atoms with Crippen molar-refractivity contribution in [3.05, 3.63) is 39.8 Å². The van der Waals surface area contributed by atoms with E-state index in [0.29, 0.717) is 11.8 Å². The highest BCUT2D eigenvalue weighted by Gasteiger charge is 2.35. The van der Waals surface area contributed by atoms with E-state index < -0.39 is 0 Å². The summed E-state index contributed by atoms with van der Waals surface area (Å²) in [6.07, 6.45) is 0.611. The Morgan fingerprint density at radius 2 is 2.04 bits per heavy atom. The zero-order valence-electron chi connectivity index (χ0n) is 16.1. The highest BCUT2D eigenvalue weighted by atomic mass is 32.1. The van der Waals surface area contributed by atoms with E-state index in [-0.39, 0.29) is 12.1 Å². The molecule has 2 atom stereocenters. The Morgan fingerprint density at radius 1 is 1.22 bits per heavy atom. The third-order valence-corrected chi connectivity index (χ3v) is 6.68. The molecule has 3 N–H and O–H groups in total. The number of quaternary nitrogens is 1. The average molecular weight is 389 g/mol. The fourth-order valence-corrected chi connectivity index (χ4v) is 5.25. The predicted octanol–water partition coefficient (Wildman–Crippen LogP) is 1.97. The van der Waals surface area contributed by atoms with Gasteiger partial charge in [-0.3, -0.25) is 4.79 Å². The van der Waals surface area contributed by atoms with Crippen LogP contribution in [0.2, 0.25) is 0 Å². The molecule has 1 unspecified atom stereocenters. The van der Waals surface area contributed by atoms with Crippen molar-refractivity contribution in [1.82, 2.24) is 5.32 Å². The number of ether oxygens (including phenoxy) is 2. The van der Waals surface area contributed by atoms with E-state index in [0.717, 1.165) is 41.4 Å². The summed E-state index contributed by atoms with van der Waals surface area (Å²) >= 11 is 1.72. The monoisotopic (exact) mass is 388 g/mol. The van der Waals surface area contributed by atoms with E-state index in [1.807, 2.05) is 18.2 Å². The van der Waals surface area contributed by atoms with Gasteiger partial charge in [0.05, 0.1) is 37.2 Å². The molecule has 6 nitrogen and oxygen atoms in total. The lowest BCUT2D eigenvalue weighted by Gasteiger charge is -2.29. The second kappa shape index (κ2) is 7.05. The molecule has 144 valence electrons. The Hall–Kier alpha value is -2.25. The van der Waals surface area contributed by atoms with Gasteiger partial charge < -0.3 is 25.0 Å². The number of amides is 1. The van der Waals surface area contributed by atoms with Crippen molar-refractivity contribution in [1.29, 1.82) is 0 Å². The zero-order valence-corrected chi connectivity index (χ0v) is 17.0. The van der Waals surface area contributed by atoms with Gasteiger partial charge in [0.15, 0.2) is 0 Å². The Morgan fingerprint density at radius 3 is 2.74 bits per heavy atom. The van der Waals surface area contributed by atoms with Crippen LogP contribution in [0.5, 0.6) is 11.5 Å². The Balaban J connectivity index is 1.68. The summed E-state index contributed by atoms with van der Waals surface area (Å²) < 4.78 is 10.8. The number of nitrogens with one attached hydrogen (secondary N) is 3. The maximum absolute atomic E-state index is 12.9. The Labute approximate surface area is 163 Å². The summed E-state index contributed by atoms with van der Waals surface area (Å²) in [4.78, 5) is 15.9. The molecule has 4 rings (SSSR count). The zero-order chi connectivity index (χ0) is 19.1. The summed E-state index contributed by atoms with van der Waals surface area (Å²) in [5.74, 6) is 1.44. The van der Waals surface area contributed by atoms with Gasteiger partial charge in [0.1, 0.15) is 29.2 Å². The quantitative estimate of drug-likeness (QED) is 0.749. The molecule has 0 saturated carbocycles. The summed E-state index contributed by atoms with van der Waals surface area (Å²) in [6, 6.07) is 6.21. The fourth-order valence-electron chi connectivity index (χ4n) is 3.93. The van der Waals surface area contributed by atoms with Gasteiger partial charge in [-0.2, -0.15) is 0 Å². The van der Waals surface area contributed by atoms with Gasteiger partial charge in [-0.1, -0.05) is 0 Å². The second-order valence-electron chi connectivity index (χ2n) is 7.36. The average Bonchev–Trinajstić information content (AvgIpc) is 3.05. The minimum Gasteiger partial charge on any atom is -0.497 e. The first kappa shape index (κ1) is 18.1. The molecule has 2 aliphatic rings. The van der Waals surface area contributed by atoms with Crippen LogP contribution in [-0.2, 0) is 13.0 Å². The first-order valence-corrected chi connectivity index (χ1v) is 10.1. The van der Waals surface area contributed by atoms with Crippen LogP contribution in [-0.4, -0.2) is 32.7 Å². The molecule has 0 bridgehead atoms. The number of rotatable bonds is 4. The first-order chi connectivity index (χ1) is 13.0. The second-order valence-corrected chi connectivity index (χ2v) is 8.46. The minimum absolute atomic E-state index is 0.0101. The Kier molecular flexibility index (Phi) is 4.74. The molecule has 0 aliphatic carbocycles. The van der Waals surface area contributed by atoms with Crippen molar-refractivity contribution in [2.24, 2.45) is 0 Å². The SMILES string of the molecule is COc1ccc(OC)c([C@H]2NC(=O)c3c(sc4c3CC[NH+](C(C)C)C4)N2)c1. The summed E-state index contributed by atoms with van der Waals surface area (Å²) in [7, 11) is 3.27. The number of hydrogen-bond donors (Lipinski definition) is 3. The van der Waals surface area contributed by atoms with E-state index in [1.165, 1.54) is 10.4 Å². The van der Waals surface area contributed by atoms with Gasteiger partial charge in [-0.05, 0) is 37.6 Å². The maximum atomic E-state index is 12.9. The number of carbonyl (C=O) groups excluding carboxylic acids is 1. The third-order valence-electron chi connectivity index (χ3n) is 5.52. The molecule has 3 heterocycles. The number of carbonyl (C=O) groups is 1. The van der Waals surface area contributed by atoms with E-state index in [1.54, 1.807) is 30.5 Å². The lowest BCUT2D eigenvalue weighted by atomic mass is 9.99. The molecule has 1 amide bonds. The van der Waals surface area contributed by atoms with Crippen LogP contribution >= 0.6 is 11.3 Å². The van der Waals surface area contributed by atoms with Crippen molar-refractivity contribution >= 4 is 22.2 Å². The molecular weight excluding hydrogens is 362 g/mol. The molecule has 0 saturated heterocycles. The molecule has 7 heteroatoms. The summed E-state index contributed by atoms with van der Waals surface area (Å²) in [6.45, 7) is 6.58. The van der Waals surface area contributed by atoms with Crippen LogP contribution in [0.3, 0.4) is 0 Å². The van der Waals surface area contributed by atoms with Crippen molar-refractivity contribution < 1.29 is 19.2 Å². The number of fused-ring (bicyclic) bond motifs is 3. The fraction of sp³-hybridized carbons (Fsp3) is 0.450. The molecule has 2 aliphatic heterocycles. The van der Waals surface area contributed by atoms with Gasteiger partial charge in [0.2, 0.25) is 0 Å². The number of hydrogen-bond acceptors (Lipinski definition) is 5. The largest absolute Gasteiger partial charge is 0.497 e. The lowest BCUT2D eigenvalue weighted by molar-refractivity contribution is -0.936. The van der Waals surface area contributed by atoms with Gasteiger partial charge in [0.25, 0.3) is 5.91 Å². The topological polar surface area (TPSA) is 64.0 Å². The first-order valence-electron chi connectivity index (χ1n) is 9.30. The maximum Gasteiger partial charge on any atom is 0.256 e. The molecule has 1 aromatic carbocycles. The van der Waals surface area contributed by atoms with Crippen LogP contribution in [0.25, 0.3) is 0 Å². The lowest BCUT2D eigenvalue weighted by Crippen LogP contribution is -3.14. The standard InChI is InChI=1S/C20H25N3O3S/c1-11(2)23-8-7-13-16(10-23)27-20-17(13)19(24)21-18(22-20)14-9-12(25-3)5-6-15(14)26-4/h5-6,9,11,18,22H,7-8,10H2,1-4H3,(H,21,24)/p+1/t18-/m0/s1. The van der Waals surface area contributed by atoms with Gasteiger partial charge in [-0.25, -0.2) is 0 Å². The van der Waals surface area contributed by atoms with Crippen LogP contribution in [0.15, 0.2) is 18.2 Å². The van der Waals surface area contributed by atoms with Crippen molar-refractivity contribution in [3.63, 3.8) is 0 Å². The van der Waals surface area contributed by atoms with Crippen LogP contribution in [0.4, 0.5) is 5.00 Å². The number of methoxy groups -OCH3 is 2. The highest BCUT2D eigenvalue weighted by Crippen LogP contribution is 2.40. The molecule has 2 aromatic rings. The molecule has 0 fully saturated rings. The minimum atomic E-state index is -0.344. The third kappa shape index (κ3) is 3.15. The van der Waals surface area contributed by atoms with E-state index in [9.17, 15) is 4.79 Å². The predicted molar refractivity (Wildman–Crippen MR) is 106 cm³/mol.